The van der Waals surface area contributed by atoms with Gasteiger partial charge in [-0.2, -0.15) is 0 Å². The van der Waals surface area contributed by atoms with E-state index in [-0.39, 0.29) is 11.3 Å². The lowest BCUT2D eigenvalue weighted by Gasteiger charge is -2.33. The molecule has 0 aliphatic carbocycles. The second-order valence-electron chi connectivity index (χ2n) is 5.29. The number of nitrogens with zero attached hydrogens (tertiary/aromatic N) is 1. The van der Waals surface area contributed by atoms with Gasteiger partial charge in [-0.15, -0.1) is 0 Å². The fourth-order valence-electron chi connectivity index (χ4n) is 2.14. The molecule has 19 heavy (non-hydrogen) atoms. The van der Waals surface area contributed by atoms with Gasteiger partial charge in [0.1, 0.15) is 5.69 Å². The van der Waals surface area contributed by atoms with Gasteiger partial charge < -0.3 is 15.4 Å². The van der Waals surface area contributed by atoms with Crippen LogP contribution >= 0.6 is 0 Å². The summed E-state index contributed by atoms with van der Waals surface area (Å²) in [6.45, 7) is 4.41. The van der Waals surface area contributed by atoms with Gasteiger partial charge in [0, 0.05) is 38.7 Å². The molecule has 1 amide bonds. The van der Waals surface area contributed by atoms with Crippen LogP contribution in [0.3, 0.4) is 0 Å². The Morgan fingerprint density at radius 3 is 2.89 bits per heavy atom. The summed E-state index contributed by atoms with van der Waals surface area (Å²) < 4.78 is 5.35. The zero-order chi connectivity index (χ0) is 13.7. The normalized spacial score (nSPS) is 17.8. The first-order valence-electron chi connectivity index (χ1n) is 6.63. The van der Waals surface area contributed by atoms with Gasteiger partial charge in [-0.1, -0.05) is 6.92 Å². The minimum atomic E-state index is -0.121. The van der Waals surface area contributed by atoms with Gasteiger partial charge in [0.2, 0.25) is 0 Å². The fraction of sp³-hybridized carbons (Fsp3) is 0.571. The Balaban J connectivity index is 1.93. The Kier molecular flexibility index (Phi) is 4.37. The van der Waals surface area contributed by atoms with Crippen molar-refractivity contribution in [3.63, 3.8) is 0 Å². The topological polar surface area (TPSA) is 63.2 Å². The highest BCUT2D eigenvalue weighted by Crippen LogP contribution is 2.28. The summed E-state index contributed by atoms with van der Waals surface area (Å²) in [5.74, 6) is -0.121. The summed E-state index contributed by atoms with van der Waals surface area (Å²) in [5, 5.41) is 5.97. The molecule has 0 bridgehead atoms. The quantitative estimate of drug-likeness (QED) is 0.867. The lowest BCUT2D eigenvalue weighted by Crippen LogP contribution is -2.39. The minimum Gasteiger partial charge on any atom is -0.388 e. The first-order valence-corrected chi connectivity index (χ1v) is 6.63. The maximum Gasteiger partial charge on any atom is 0.269 e. The number of aromatic nitrogens is 1. The molecule has 5 heteroatoms. The molecule has 1 aliphatic rings. The average Bonchev–Trinajstić information content (AvgIpc) is 2.46. The molecule has 1 aliphatic heterocycles. The lowest BCUT2D eigenvalue weighted by atomic mass is 9.82. The molecule has 0 saturated carbocycles. The molecule has 1 fully saturated rings. The molecule has 0 aromatic carbocycles. The number of carbonyl (C=O) groups is 1. The molecule has 1 saturated heterocycles. The highest BCUT2D eigenvalue weighted by atomic mass is 16.5. The van der Waals surface area contributed by atoms with Crippen molar-refractivity contribution < 1.29 is 9.53 Å². The van der Waals surface area contributed by atoms with Crippen LogP contribution in [0.1, 0.15) is 30.3 Å². The first kappa shape index (κ1) is 13.8. The minimum absolute atomic E-state index is 0.121. The van der Waals surface area contributed by atoms with E-state index in [9.17, 15) is 4.79 Å². The van der Waals surface area contributed by atoms with Gasteiger partial charge in [0.05, 0.1) is 0 Å². The predicted octanol–water partition coefficient (Wildman–Crippen LogP) is 1.67. The van der Waals surface area contributed by atoms with Crippen LogP contribution in [0.25, 0.3) is 0 Å². The van der Waals surface area contributed by atoms with Crippen LogP contribution in [0.15, 0.2) is 18.3 Å². The van der Waals surface area contributed by atoms with Gasteiger partial charge in [0.15, 0.2) is 0 Å². The number of amides is 1. The van der Waals surface area contributed by atoms with E-state index in [4.69, 9.17) is 4.74 Å². The molecule has 2 rings (SSSR count). The van der Waals surface area contributed by atoms with Crippen LogP contribution in [0.5, 0.6) is 0 Å². The molecule has 104 valence electrons. The number of carbonyl (C=O) groups excluding carboxylic acids is 1. The van der Waals surface area contributed by atoms with E-state index in [1.807, 2.05) is 13.1 Å². The smallest absolute Gasteiger partial charge is 0.269 e. The third-order valence-corrected chi connectivity index (χ3v) is 3.66. The van der Waals surface area contributed by atoms with Crippen LogP contribution < -0.4 is 10.6 Å². The summed E-state index contributed by atoms with van der Waals surface area (Å²) in [6, 6.07) is 3.58. The maximum atomic E-state index is 12.1. The number of anilines is 1. The number of nitrogens with one attached hydrogen (secondary N) is 2. The number of pyridine rings is 1. The van der Waals surface area contributed by atoms with Gasteiger partial charge in [-0.05, 0) is 30.4 Å². The van der Waals surface area contributed by atoms with Gasteiger partial charge in [0.25, 0.3) is 5.91 Å². The Bertz CT molecular complexity index is 442. The van der Waals surface area contributed by atoms with Crippen molar-refractivity contribution in [1.29, 1.82) is 0 Å². The number of ether oxygens (including phenoxy) is 1. The molecule has 2 heterocycles. The highest BCUT2D eigenvalue weighted by Gasteiger charge is 2.27. The second-order valence-corrected chi connectivity index (χ2v) is 5.29. The summed E-state index contributed by atoms with van der Waals surface area (Å²) >= 11 is 0. The van der Waals surface area contributed by atoms with Crippen LogP contribution in [0, 0.1) is 5.41 Å². The van der Waals surface area contributed by atoms with Gasteiger partial charge in [-0.3, -0.25) is 9.78 Å². The van der Waals surface area contributed by atoms with Crippen molar-refractivity contribution in [2.24, 2.45) is 5.41 Å². The molecule has 2 N–H and O–H groups in total. The van der Waals surface area contributed by atoms with Crippen LogP contribution in [0.4, 0.5) is 5.69 Å². The third kappa shape index (κ3) is 3.67. The highest BCUT2D eigenvalue weighted by molar-refractivity contribution is 5.93. The molecular formula is C14H21N3O2. The second kappa shape index (κ2) is 6.02. The molecular weight excluding hydrogens is 242 g/mol. The fourth-order valence-corrected chi connectivity index (χ4v) is 2.14. The summed E-state index contributed by atoms with van der Waals surface area (Å²) in [7, 11) is 1.82. The van der Waals surface area contributed by atoms with Crippen molar-refractivity contribution in [3.8, 4) is 0 Å². The van der Waals surface area contributed by atoms with Crippen LogP contribution in [-0.2, 0) is 4.74 Å². The SMILES string of the molecule is CNc1ccnc(C(=O)NCC2(C)CCOCC2)c1. The zero-order valence-corrected chi connectivity index (χ0v) is 11.5. The van der Waals surface area contributed by atoms with Crippen molar-refractivity contribution >= 4 is 11.6 Å². The summed E-state index contributed by atoms with van der Waals surface area (Å²) in [4.78, 5) is 16.2. The monoisotopic (exact) mass is 263 g/mol. The summed E-state index contributed by atoms with van der Waals surface area (Å²) in [5.41, 5.74) is 1.47. The van der Waals surface area contributed by atoms with E-state index in [1.165, 1.54) is 0 Å². The van der Waals surface area contributed by atoms with E-state index in [2.05, 4.69) is 22.5 Å². The van der Waals surface area contributed by atoms with E-state index in [0.29, 0.717) is 12.2 Å². The average molecular weight is 263 g/mol. The Morgan fingerprint density at radius 2 is 2.21 bits per heavy atom. The van der Waals surface area contributed by atoms with Crippen molar-refractivity contribution in [2.75, 3.05) is 32.1 Å². The van der Waals surface area contributed by atoms with Crippen LogP contribution in [0.2, 0.25) is 0 Å². The Labute approximate surface area is 113 Å². The standard InChI is InChI=1S/C14H21N3O2/c1-14(4-7-19-8-5-14)10-17-13(18)12-9-11(15-2)3-6-16-12/h3,6,9H,4-5,7-8,10H2,1-2H3,(H,15,16)(H,17,18). The lowest BCUT2D eigenvalue weighted by molar-refractivity contribution is 0.0238. The number of hydrogen-bond donors (Lipinski definition) is 2. The van der Waals surface area contributed by atoms with E-state index in [0.717, 1.165) is 31.7 Å². The van der Waals surface area contributed by atoms with Crippen molar-refractivity contribution in [2.45, 2.75) is 19.8 Å². The van der Waals surface area contributed by atoms with E-state index < -0.39 is 0 Å². The zero-order valence-electron chi connectivity index (χ0n) is 11.5. The molecule has 5 nitrogen and oxygen atoms in total. The van der Waals surface area contributed by atoms with Gasteiger partial charge >= 0.3 is 0 Å². The Morgan fingerprint density at radius 1 is 1.47 bits per heavy atom. The van der Waals surface area contributed by atoms with Gasteiger partial charge in [-0.25, -0.2) is 0 Å². The van der Waals surface area contributed by atoms with Crippen LogP contribution in [-0.4, -0.2) is 37.7 Å². The first-order chi connectivity index (χ1) is 9.13. The molecule has 0 radical (unpaired) electrons. The summed E-state index contributed by atoms with van der Waals surface area (Å²) in [6.07, 6.45) is 3.60. The van der Waals surface area contributed by atoms with Crippen molar-refractivity contribution in [1.82, 2.24) is 10.3 Å². The van der Waals surface area contributed by atoms with Crippen molar-refractivity contribution in [3.05, 3.63) is 24.0 Å². The molecule has 0 atom stereocenters. The maximum absolute atomic E-state index is 12.1. The number of rotatable bonds is 4. The molecule has 1 aromatic heterocycles. The van der Waals surface area contributed by atoms with E-state index in [1.54, 1.807) is 12.3 Å². The molecule has 0 unspecified atom stereocenters. The van der Waals surface area contributed by atoms with E-state index >= 15 is 0 Å². The molecule has 1 aromatic rings. The third-order valence-electron chi connectivity index (χ3n) is 3.66. The number of hydrogen-bond acceptors (Lipinski definition) is 4. The molecule has 0 spiro atoms. The predicted molar refractivity (Wildman–Crippen MR) is 74.3 cm³/mol. The Hall–Kier alpha value is -1.62. The largest absolute Gasteiger partial charge is 0.388 e.